The Bertz CT molecular complexity index is 757. The van der Waals surface area contributed by atoms with Crippen LogP contribution in [0.1, 0.15) is 111 Å². The van der Waals surface area contributed by atoms with Crippen molar-refractivity contribution in [1.29, 1.82) is 0 Å². The summed E-state index contributed by atoms with van der Waals surface area (Å²) >= 11 is 0. The number of benzene rings is 1. The van der Waals surface area contributed by atoms with E-state index in [1.807, 2.05) is 33.8 Å². The minimum absolute atomic E-state index is 0.0126. The fraction of sp³-hybridized carbons (Fsp3) is 0.778. The van der Waals surface area contributed by atoms with Gasteiger partial charge in [-0.1, -0.05) is 112 Å². The van der Waals surface area contributed by atoms with Gasteiger partial charge < -0.3 is 33.4 Å². The molecule has 7 nitrogen and oxygen atoms in total. The van der Waals surface area contributed by atoms with Crippen LogP contribution in [-0.2, 0) is 9.13 Å². The lowest BCUT2D eigenvalue weighted by Crippen LogP contribution is -2.58. The Morgan fingerprint density at radius 3 is 1.36 bits per heavy atom. The quantitative estimate of drug-likeness (QED) is 0.207. The molecule has 0 aromatic heterocycles. The molecule has 36 heavy (non-hydrogen) atoms. The van der Waals surface area contributed by atoms with Crippen molar-refractivity contribution in [3.63, 3.8) is 0 Å². The van der Waals surface area contributed by atoms with Gasteiger partial charge in [0.2, 0.25) is 0 Å². The Labute approximate surface area is 218 Å². The van der Waals surface area contributed by atoms with Crippen molar-refractivity contribution in [2.75, 3.05) is 6.61 Å². The summed E-state index contributed by atoms with van der Waals surface area (Å²) in [7, 11) is -10.6. The van der Waals surface area contributed by atoms with Crippen LogP contribution in [0.5, 0.6) is 5.75 Å². The van der Waals surface area contributed by atoms with Gasteiger partial charge in [-0.3, -0.25) is 0 Å². The van der Waals surface area contributed by atoms with Gasteiger partial charge in [0.25, 0.3) is 0 Å². The molecule has 0 aliphatic rings. The summed E-state index contributed by atoms with van der Waals surface area (Å²) in [6, 6.07) is 8.97. The molecule has 0 saturated heterocycles. The highest BCUT2D eigenvalue weighted by atomic mass is 31.2. The summed E-state index contributed by atoms with van der Waals surface area (Å²) in [5, 5.41) is -3.63. The molecule has 1 rings (SSSR count). The Kier molecular flexibility index (Phi) is 14.5. The second kappa shape index (κ2) is 15.7. The third kappa shape index (κ3) is 8.68. The first-order valence-electron chi connectivity index (χ1n) is 13.7. The van der Waals surface area contributed by atoms with E-state index in [0.717, 1.165) is 0 Å². The Hall–Kier alpha value is -0.680. The fourth-order valence-corrected chi connectivity index (χ4v) is 9.00. The van der Waals surface area contributed by atoms with Crippen molar-refractivity contribution in [2.24, 2.45) is 5.92 Å². The topological polar surface area (TPSA) is 136 Å². The van der Waals surface area contributed by atoms with E-state index in [1.54, 1.807) is 24.3 Å². The molecule has 0 saturated carbocycles. The molecule has 0 radical (unpaired) electrons. The predicted molar refractivity (Wildman–Crippen MR) is 139 cm³/mol. The van der Waals surface area contributed by atoms with Crippen molar-refractivity contribution in [2.45, 2.75) is 121 Å². The summed E-state index contributed by atoms with van der Waals surface area (Å²) in [6.45, 7) is 7.66. The second-order valence-corrected chi connectivity index (χ2v) is 13.9. The Morgan fingerprint density at radius 1 is 0.694 bits per heavy atom. The zero-order valence-corrected chi connectivity index (χ0v) is 24.4. The number of rotatable bonds is 20. The molecule has 0 bridgehead atoms. The van der Waals surface area contributed by atoms with Crippen LogP contribution in [-0.4, -0.2) is 16.9 Å². The largest absolute Gasteiger partial charge is 0.810 e. The molecule has 0 fully saturated rings. The van der Waals surface area contributed by atoms with Gasteiger partial charge >= 0.3 is 0 Å². The molecular weight excluding hydrogens is 498 g/mol. The lowest BCUT2D eigenvalue weighted by atomic mass is 9.70. The van der Waals surface area contributed by atoms with Crippen LogP contribution in [0.3, 0.4) is 0 Å². The van der Waals surface area contributed by atoms with Gasteiger partial charge in [0.15, 0.2) is 0 Å². The SMILES string of the molecule is CCCCC(CCCC)(C(CCOc1ccccc1)C(CCCC)(CCCC)P(=O)([O-])[O-])P(=O)([O-])[O-]. The lowest BCUT2D eigenvalue weighted by Gasteiger charge is -2.64. The van der Waals surface area contributed by atoms with Gasteiger partial charge in [-0.05, 0) is 50.2 Å². The van der Waals surface area contributed by atoms with Gasteiger partial charge in [0, 0.05) is 10.3 Å². The Balaban J connectivity index is 3.79. The monoisotopic (exact) mass is 544 g/mol. The molecule has 1 aromatic carbocycles. The van der Waals surface area contributed by atoms with Gasteiger partial charge in [-0.2, -0.15) is 0 Å². The molecule has 0 spiro atoms. The van der Waals surface area contributed by atoms with Crippen molar-refractivity contribution in [3.05, 3.63) is 30.3 Å². The van der Waals surface area contributed by atoms with Gasteiger partial charge in [0.05, 0.1) is 6.61 Å². The number of hydrogen-bond donors (Lipinski definition) is 0. The summed E-state index contributed by atoms with van der Waals surface area (Å²) < 4.78 is 32.3. The molecule has 0 unspecified atom stereocenters. The van der Waals surface area contributed by atoms with E-state index in [4.69, 9.17) is 4.74 Å². The minimum Gasteiger partial charge on any atom is -0.810 e. The Morgan fingerprint density at radius 2 is 1.06 bits per heavy atom. The fourth-order valence-electron chi connectivity index (χ4n) is 5.66. The molecule has 0 heterocycles. The highest BCUT2D eigenvalue weighted by Gasteiger charge is 2.52. The molecule has 0 amide bonds. The average molecular weight is 545 g/mol. The lowest BCUT2D eigenvalue weighted by molar-refractivity contribution is -0.328. The van der Waals surface area contributed by atoms with Crippen LogP contribution in [0, 0.1) is 5.92 Å². The van der Waals surface area contributed by atoms with Crippen molar-refractivity contribution in [1.82, 2.24) is 0 Å². The zero-order chi connectivity index (χ0) is 27.3. The van der Waals surface area contributed by atoms with Crippen LogP contribution < -0.4 is 24.3 Å². The molecular formula is C27H46O7P2-4. The van der Waals surface area contributed by atoms with Gasteiger partial charge in [-0.15, -0.1) is 0 Å². The van der Waals surface area contributed by atoms with Gasteiger partial charge in [0.1, 0.15) is 5.75 Å². The average Bonchev–Trinajstić information content (AvgIpc) is 2.82. The maximum Gasteiger partial charge on any atom is 0.119 e. The highest BCUT2D eigenvalue weighted by Crippen LogP contribution is 2.66. The van der Waals surface area contributed by atoms with E-state index in [-0.39, 0.29) is 38.7 Å². The molecule has 1 aromatic rings. The van der Waals surface area contributed by atoms with E-state index in [0.29, 0.717) is 57.1 Å². The summed E-state index contributed by atoms with van der Waals surface area (Å²) in [6.07, 6.45) is 4.74. The van der Waals surface area contributed by atoms with E-state index in [2.05, 4.69) is 0 Å². The first-order chi connectivity index (χ1) is 17.0. The summed E-state index contributed by atoms with van der Waals surface area (Å²) in [4.78, 5) is 52.8. The van der Waals surface area contributed by atoms with Crippen molar-refractivity contribution >= 4 is 15.2 Å². The molecule has 0 atom stereocenters. The number of ether oxygens (including phenoxy) is 1. The maximum absolute atomic E-state index is 13.2. The van der Waals surface area contributed by atoms with Gasteiger partial charge in [-0.25, -0.2) is 0 Å². The third-order valence-corrected chi connectivity index (χ3v) is 11.4. The van der Waals surface area contributed by atoms with Crippen LogP contribution in [0.25, 0.3) is 0 Å². The standard InChI is InChI=1S/C27H50O7P2/c1-5-9-19-26(20-10-6-2,35(28,29)30)25(18-23-34-24-16-14-13-15-17-24)27(21-11-7-3,22-12-8-4)36(31,32)33/h13-17,25H,5-12,18-23H2,1-4H3,(H2,28,29,30)(H2,31,32,33)/p-4. The molecule has 0 N–H and O–H groups in total. The number of unbranched alkanes of at least 4 members (excludes halogenated alkanes) is 4. The molecule has 0 aliphatic heterocycles. The zero-order valence-electron chi connectivity index (χ0n) is 22.6. The van der Waals surface area contributed by atoms with Crippen LogP contribution in [0.4, 0.5) is 0 Å². The summed E-state index contributed by atoms with van der Waals surface area (Å²) in [5.74, 6) is -0.567. The van der Waals surface area contributed by atoms with Crippen molar-refractivity contribution in [3.8, 4) is 5.75 Å². The first-order valence-corrected chi connectivity index (χ1v) is 16.8. The third-order valence-electron chi connectivity index (χ3n) is 7.66. The van der Waals surface area contributed by atoms with Crippen LogP contribution in [0.2, 0.25) is 0 Å². The van der Waals surface area contributed by atoms with E-state index < -0.39 is 31.4 Å². The maximum atomic E-state index is 13.2. The van der Waals surface area contributed by atoms with E-state index in [1.165, 1.54) is 0 Å². The normalized spacial score (nSPS) is 13.4. The second-order valence-electron chi connectivity index (χ2n) is 10.1. The smallest absolute Gasteiger partial charge is 0.119 e. The van der Waals surface area contributed by atoms with Crippen molar-refractivity contribution < 1.29 is 33.4 Å². The van der Waals surface area contributed by atoms with E-state index in [9.17, 15) is 28.7 Å². The number of para-hydroxylation sites is 1. The van der Waals surface area contributed by atoms with Crippen LogP contribution in [0.15, 0.2) is 30.3 Å². The van der Waals surface area contributed by atoms with E-state index >= 15 is 0 Å². The molecule has 210 valence electrons. The molecule has 0 aliphatic carbocycles. The predicted octanol–water partition coefficient (Wildman–Crippen LogP) is 5.14. The minimum atomic E-state index is -5.32. The molecule has 9 heteroatoms. The summed E-state index contributed by atoms with van der Waals surface area (Å²) in [5.41, 5.74) is 0. The first kappa shape index (κ1) is 33.3. The number of hydrogen-bond acceptors (Lipinski definition) is 7. The van der Waals surface area contributed by atoms with Crippen LogP contribution >= 0.6 is 15.2 Å². The highest BCUT2D eigenvalue weighted by molar-refractivity contribution is 7.52.